The van der Waals surface area contributed by atoms with Crippen LogP contribution in [0, 0.1) is 6.92 Å². The van der Waals surface area contributed by atoms with E-state index in [1.165, 1.54) is 6.07 Å². The largest absolute Gasteiger partial charge is 0.507 e. The number of aryl methyl sites for hydroxylation is 1. The number of ether oxygens (including phenoxy) is 1. The molecule has 1 aromatic carbocycles. The number of anilines is 1. The van der Waals surface area contributed by atoms with Crippen LogP contribution in [-0.2, 0) is 10.9 Å². The van der Waals surface area contributed by atoms with Crippen LogP contribution in [0.25, 0.3) is 11.3 Å². The Labute approximate surface area is 221 Å². The number of carbonyl (C=O) groups excluding carboxylic acids is 1. The van der Waals surface area contributed by atoms with Crippen LogP contribution in [0.2, 0.25) is 0 Å². The minimum Gasteiger partial charge on any atom is -0.507 e. The summed E-state index contributed by atoms with van der Waals surface area (Å²) in [5, 5.41) is 22.1. The summed E-state index contributed by atoms with van der Waals surface area (Å²) in [5.41, 5.74) is -0.231. The second-order valence-corrected chi connectivity index (χ2v) is 11.2. The fraction of sp³-hybridized carbons (Fsp3) is 0.593. The van der Waals surface area contributed by atoms with Crippen molar-refractivity contribution >= 4 is 11.9 Å². The number of hydrogen-bond donors (Lipinski definition) is 2. The van der Waals surface area contributed by atoms with Crippen molar-refractivity contribution in [3.63, 3.8) is 0 Å². The van der Waals surface area contributed by atoms with E-state index in [4.69, 9.17) is 4.74 Å². The Morgan fingerprint density at radius 3 is 2.53 bits per heavy atom. The number of halogens is 3. The van der Waals surface area contributed by atoms with E-state index in [0.717, 1.165) is 51.4 Å². The molecule has 2 atom stereocenters. The molecule has 1 aromatic heterocycles. The Balaban J connectivity index is 1.38. The van der Waals surface area contributed by atoms with Crippen molar-refractivity contribution in [2.24, 2.45) is 0 Å². The first-order valence-electron chi connectivity index (χ1n) is 13.0. The van der Waals surface area contributed by atoms with Crippen molar-refractivity contribution in [3.05, 3.63) is 35.4 Å². The average Bonchev–Trinajstić information content (AvgIpc) is 3.26. The molecular formula is C27H36F3N5O3. The van der Waals surface area contributed by atoms with Crippen LogP contribution in [0.3, 0.4) is 0 Å². The second kappa shape index (κ2) is 11.0. The molecule has 38 heavy (non-hydrogen) atoms. The predicted molar refractivity (Wildman–Crippen MR) is 138 cm³/mol. The van der Waals surface area contributed by atoms with Crippen LogP contribution in [-0.4, -0.2) is 75.1 Å². The molecule has 0 unspecified atom stereocenters. The summed E-state index contributed by atoms with van der Waals surface area (Å²) in [6.45, 7) is 10.7. The van der Waals surface area contributed by atoms with Gasteiger partial charge >= 0.3 is 12.3 Å². The Bertz CT molecular complexity index is 1150. The van der Waals surface area contributed by atoms with Crippen LogP contribution >= 0.6 is 0 Å². The monoisotopic (exact) mass is 535 g/mol. The normalized spacial score (nSPS) is 21.0. The molecule has 2 aliphatic heterocycles. The van der Waals surface area contributed by atoms with E-state index < -0.39 is 23.1 Å². The fourth-order valence-corrected chi connectivity index (χ4v) is 5.16. The Kier molecular flexibility index (Phi) is 8.06. The number of aromatic nitrogens is 2. The minimum atomic E-state index is -4.54. The van der Waals surface area contributed by atoms with Gasteiger partial charge in [-0.25, -0.2) is 4.79 Å². The molecule has 11 heteroatoms. The van der Waals surface area contributed by atoms with Crippen molar-refractivity contribution in [2.75, 3.05) is 31.5 Å². The van der Waals surface area contributed by atoms with Gasteiger partial charge in [-0.2, -0.15) is 13.2 Å². The third-order valence-corrected chi connectivity index (χ3v) is 6.90. The Morgan fingerprint density at radius 2 is 1.87 bits per heavy atom. The zero-order valence-corrected chi connectivity index (χ0v) is 22.3. The van der Waals surface area contributed by atoms with Gasteiger partial charge in [0.05, 0.1) is 11.3 Å². The summed E-state index contributed by atoms with van der Waals surface area (Å²) >= 11 is 0. The highest BCUT2D eigenvalue weighted by Crippen LogP contribution is 2.37. The zero-order chi connectivity index (χ0) is 27.7. The number of nitrogens with zero attached hydrogens (tertiary/aromatic N) is 4. The summed E-state index contributed by atoms with van der Waals surface area (Å²) in [6.07, 6.45) is -0.910. The molecule has 0 bridgehead atoms. The highest BCUT2D eigenvalue weighted by Gasteiger charge is 2.34. The zero-order valence-electron chi connectivity index (χ0n) is 22.3. The number of phenols is 1. The molecule has 4 rings (SSSR count). The Hall–Kier alpha value is -3.08. The maximum atomic E-state index is 12.9. The second-order valence-electron chi connectivity index (χ2n) is 11.2. The molecule has 1 amide bonds. The molecule has 8 nitrogen and oxygen atoms in total. The van der Waals surface area contributed by atoms with Gasteiger partial charge in [0.25, 0.3) is 0 Å². The molecule has 208 valence electrons. The fourth-order valence-electron chi connectivity index (χ4n) is 5.16. The van der Waals surface area contributed by atoms with Crippen LogP contribution in [0.1, 0.15) is 57.6 Å². The van der Waals surface area contributed by atoms with Gasteiger partial charge in [0.1, 0.15) is 17.2 Å². The van der Waals surface area contributed by atoms with Gasteiger partial charge in [-0.3, -0.25) is 4.90 Å². The number of alkyl halides is 3. The van der Waals surface area contributed by atoms with Crippen LogP contribution < -0.4 is 5.32 Å². The molecule has 0 spiro atoms. The summed E-state index contributed by atoms with van der Waals surface area (Å²) in [4.78, 5) is 16.9. The van der Waals surface area contributed by atoms with Gasteiger partial charge in [-0.1, -0.05) is 0 Å². The van der Waals surface area contributed by atoms with Gasteiger partial charge < -0.3 is 20.1 Å². The number of likely N-dealkylation sites (tertiary alicyclic amines) is 2. The molecule has 2 aromatic rings. The van der Waals surface area contributed by atoms with Gasteiger partial charge in [0.15, 0.2) is 0 Å². The Morgan fingerprint density at radius 1 is 1.13 bits per heavy atom. The molecular weight excluding hydrogens is 499 g/mol. The van der Waals surface area contributed by atoms with Gasteiger partial charge in [-0.15, -0.1) is 10.2 Å². The topological polar surface area (TPSA) is 90.8 Å². The SMILES string of the molecule is Cc1cc(N[C@@H]2CCCN(C[C@@H]3CCCN3C(=O)OC(C)(C)C)C2)nnc1-c1ccc(C(F)(F)F)cc1O. The standard InChI is InChI=1S/C27H36F3N5O3/c1-17-13-23(32-33-24(17)21-10-9-18(14-22(21)36)27(28,29)30)31-19-7-5-11-34(15-19)16-20-8-6-12-35(20)25(37)38-26(2,3)4/h9-10,13-14,19-20,36H,5-8,11-12,15-16H2,1-4H3,(H,31,32)/t19-,20+/m1/s1. The molecule has 2 N–H and O–H groups in total. The van der Waals surface area contributed by atoms with E-state index in [1.54, 1.807) is 13.0 Å². The van der Waals surface area contributed by atoms with Gasteiger partial charge in [0.2, 0.25) is 0 Å². The van der Waals surface area contributed by atoms with Crippen LogP contribution in [0.5, 0.6) is 5.75 Å². The number of rotatable bonds is 5. The lowest BCUT2D eigenvalue weighted by Crippen LogP contribution is -2.49. The van der Waals surface area contributed by atoms with Crippen molar-refractivity contribution in [1.82, 2.24) is 20.0 Å². The highest BCUT2D eigenvalue weighted by molar-refractivity contribution is 5.70. The van der Waals surface area contributed by atoms with Crippen molar-refractivity contribution in [3.8, 4) is 17.0 Å². The maximum Gasteiger partial charge on any atom is 0.416 e. The maximum absolute atomic E-state index is 12.9. The minimum absolute atomic E-state index is 0.126. The first kappa shape index (κ1) is 27.9. The first-order valence-corrected chi connectivity index (χ1v) is 13.0. The van der Waals surface area contributed by atoms with Crippen molar-refractivity contribution < 1.29 is 27.8 Å². The quantitative estimate of drug-likeness (QED) is 0.526. The number of carbonyl (C=O) groups is 1. The number of phenolic OH excluding ortho intramolecular Hbond substituents is 1. The van der Waals surface area contributed by atoms with E-state index in [2.05, 4.69) is 20.4 Å². The molecule has 2 saturated heterocycles. The molecule has 0 aliphatic carbocycles. The molecule has 0 radical (unpaired) electrons. The third-order valence-electron chi connectivity index (χ3n) is 6.90. The predicted octanol–water partition coefficient (Wildman–Crippen LogP) is 5.45. The molecule has 2 aliphatic rings. The van der Waals surface area contributed by atoms with Crippen molar-refractivity contribution in [1.29, 1.82) is 0 Å². The highest BCUT2D eigenvalue weighted by atomic mass is 19.4. The molecule has 3 heterocycles. The average molecular weight is 536 g/mol. The van der Waals surface area contributed by atoms with E-state index in [9.17, 15) is 23.1 Å². The number of amides is 1. The number of aromatic hydroxyl groups is 1. The number of hydrogen-bond acceptors (Lipinski definition) is 7. The summed E-state index contributed by atoms with van der Waals surface area (Å²) < 4.78 is 44.4. The van der Waals surface area contributed by atoms with Crippen LogP contribution in [0.15, 0.2) is 24.3 Å². The lowest BCUT2D eigenvalue weighted by atomic mass is 10.0. The van der Waals surface area contributed by atoms with E-state index in [-0.39, 0.29) is 23.7 Å². The summed E-state index contributed by atoms with van der Waals surface area (Å²) in [5.74, 6) is 0.0777. The smallest absolute Gasteiger partial charge is 0.416 e. The summed E-state index contributed by atoms with van der Waals surface area (Å²) in [6, 6.07) is 4.89. The first-order chi connectivity index (χ1) is 17.8. The number of nitrogens with one attached hydrogen (secondary N) is 1. The van der Waals surface area contributed by atoms with E-state index >= 15 is 0 Å². The summed E-state index contributed by atoms with van der Waals surface area (Å²) in [7, 11) is 0. The third kappa shape index (κ3) is 6.86. The van der Waals surface area contributed by atoms with Gasteiger partial charge in [0, 0.05) is 37.3 Å². The van der Waals surface area contributed by atoms with Gasteiger partial charge in [-0.05, 0) is 89.8 Å². The van der Waals surface area contributed by atoms with Crippen molar-refractivity contribution in [2.45, 2.75) is 77.2 Å². The number of piperidine rings is 1. The van der Waals surface area contributed by atoms with Crippen LogP contribution in [0.4, 0.5) is 23.8 Å². The molecule has 0 saturated carbocycles. The lowest BCUT2D eigenvalue weighted by molar-refractivity contribution is -0.137. The van der Waals surface area contributed by atoms with E-state index in [1.807, 2.05) is 25.7 Å². The lowest BCUT2D eigenvalue weighted by Gasteiger charge is -2.37. The van der Waals surface area contributed by atoms with E-state index in [0.29, 0.717) is 29.7 Å². The number of benzene rings is 1. The molecule has 2 fully saturated rings.